The van der Waals surface area contributed by atoms with Gasteiger partial charge in [0.15, 0.2) is 0 Å². The van der Waals surface area contributed by atoms with Crippen LogP contribution in [0.25, 0.3) is 0 Å². The second-order valence-electron chi connectivity index (χ2n) is 5.14. The Morgan fingerprint density at radius 1 is 1.45 bits per heavy atom. The summed E-state index contributed by atoms with van der Waals surface area (Å²) in [5, 5.41) is 6.08. The lowest BCUT2D eigenvalue weighted by molar-refractivity contribution is -0.119. The maximum Gasteiger partial charge on any atom is 0.227 e. The number of anilines is 1. The topological polar surface area (TPSA) is 59.6 Å². The van der Waals surface area contributed by atoms with Crippen LogP contribution >= 0.6 is 0 Å². The molecule has 1 unspecified atom stereocenters. The fourth-order valence-corrected chi connectivity index (χ4v) is 2.06. The molecule has 110 valence electrons. The quantitative estimate of drug-likeness (QED) is 0.862. The first-order chi connectivity index (χ1) is 9.63. The summed E-state index contributed by atoms with van der Waals surface area (Å²) in [5.41, 5.74) is 0.773. The molecule has 0 radical (unpaired) electrons. The predicted molar refractivity (Wildman–Crippen MR) is 78.1 cm³/mol. The van der Waals surface area contributed by atoms with E-state index in [-0.39, 0.29) is 18.1 Å². The fourth-order valence-electron chi connectivity index (χ4n) is 2.06. The summed E-state index contributed by atoms with van der Waals surface area (Å²) in [4.78, 5) is 11.9. The standard InChI is InChI=1S/C15H22N2O3/c1-11(2)20-13-5-3-12(4-6-13)17-15(18)9-14-10-16-7-8-19-14/h3-6,11,14,16H,7-10H2,1-2H3,(H,17,18). The van der Waals surface area contributed by atoms with Gasteiger partial charge in [0.1, 0.15) is 5.75 Å². The molecule has 1 fully saturated rings. The molecular formula is C15H22N2O3. The summed E-state index contributed by atoms with van der Waals surface area (Å²) in [7, 11) is 0. The fraction of sp³-hybridized carbons (Fsp3) is 0.533. The Balaban J connectivity index is 1.81. The molecule has 2 N–H and O–H groups in total. The molecule has 20 heavy (non-hydrogen) atoms. The Hall–Kier alpha value is -1.59. The number of ether oxygens (including phenoxy) is 2. The molecule has 1 heterocycles. The van der Waals surface area contributed by atoms with Crippen LogP contribution in [0, 0.1) is 0 Å². The van der Waals surface area contributed by atoms with Gasteiger partial charge in [0.25, 0.3) is 0 Å². The van der Waals surface area contributed by atoms with Gasteiger partial charge in [-0.05, 0) is 38.1 Å². The van der Waals surface area contributed by atoms with Crippen LogP contribution in [0.5, 0.6) is 5.75 Å². The van der Waals surface area contributed by atoms with Gasteiger partial charge in [0, 0.05) is 18.8 Å². The first-order valence-corrected chi connectivity index (χ1v) is 7.02. The Morgan fingerprint density at radius 2 is 2.20 bits per heavy atom. The molecule has 1 atom stereocenters. The minimum absolute atomic E-state index is 0.0313. The second kappa shape index (κ2) is 7.26. The first kappa shape index (κ1) is 14.8. The highest BCUT2D eigenvalue weighted by Crippen LogP contribution is 2.17. The highest BCUT2D eigenvalue weighted by Gasteiger charge is 2.17. The number of morpholine rings is 1. The van der Waals surface area contributed by atoms with E-state index in [2.05, 4.69) is 10.6 Å². The van der Waals surface area contributed by atoms with E-state index < -0.39 is 0 Å². The van der Waals surface area contributed by atoms with Gasteiger partial charge >= 0.3 is 0 Å². The average molecular weight is 278 g/mol. The molecule has 1 saturated heterocycles. The lowest BCUT2D eigenvalue weighted by Crippen LogP contribution is -2.40. The lowest BCUT2D eigenvalue weighted by Gasteiger charge is -2.23. The first-order valence-electron chi connectivity index (χ1n) is 7.02. The van der Waals surface area contributed by atoms with E-state index in [9.17, 15) is 4.79 Å². The summed E-state index contributed by atoms with van der Waals surface area (Å²) >= 11 is 0. The Bertz CT molecular complexity index is 425. The van der Waals surface area contributed by atoms with Crippen LogP contribution in [-0.2, 0) is 9.53 Å². The van der Waals surface area contributed by atoms with Crippen LogP contribution in [0.2, 0.25) is 0 Å². The van der Waals surface area contributed by atoms with Gasteiger partial charge in [-0.1, -0.05) is 0 Å². The van der Waals surface area contributed by atoms with Gasteiger partial charge in [-0.15, -0.1) is 0 Å². The van der Waals surface area contributed by atoms with Gasteiger partial charge in [-0.3, -0.25) is 4.79 Å². The predicted octanol–water partition coefficient (Wildman–Crippen LogP) is 1.79. The zero-order valence-electron chi connectivity index (χ0n) is 12.0. The van der Waals surface area contributed by atoms with Crippen LogP contribution in [0.1, 0.15) is 20.3 Å². The van der Waals surface area contributed by atoms with Crippen molar-refractivity contribution in [3.8, 4) is 5.75 Å². The van der Waals surface area contributed by atoms with Crippen LogP contribution in [0.4, 0.5) is 5.69 Å². The lowest BCUT2D eigenvalue weighted by atomic mass is 10.2. The number of benzene rings is 1. The van der Waals surface area contributed by atoms with Crippen molar-refractivity contribution >= 4 is 11.6 Å². The van der Waals surface area contributed by atoms with Crippen molar-refractivity contribution in [3.05, 3.63) is 24.3 Å². The summed E-state index contributed by atoms with van der Waals surface area (Å²) in [6, 6.07) is 7.40. The Kier molecular flexibility index (Phi) is 5.38. The van der Waals surface area contributed by atoms with E-state index in [1.807, 2.05) is 38.1 Å². The number of carbonyl (C=O) groups is 1. The maximum absolute atomic E-state index is 11.9. The molecule has 1 aromatic carbocycles. The van der Waals surface area contributed by atoms with Crippen molar-refractivity contribution in [1.29, 1.82) is 0 Å². The van der Waals surface area contributed by atoms with Crippen molar-refractivity contribution in [2.24, 2.45) is 0 Å². The van der Waals surface area contributed by atoms with E-state index in [1.165, 1.54) is 0 Å². The van der Waals surface area contributed by atoms with Crippen molar-refractivity contribution in [2.75, 3.05) is 25.0 Å². The van der Waals surface area contributed by atoms with Crippen molar-refractivity contribution in [3.63, 3.8) is 0 Å². The van der Waals surface area contributed by atoms with E-state index in [0.717, 1.165) is 24.5 Å². The molecule has 1 amide bonds. The monoisotopic (exact) mass is 278 g/mol. The van der Waals surface area contributed by atoms with Crippen LogP contribution in [-0.4, -0.2) is 37.8 Å². The highest BCUT2D eigenvalue weighted by molar-refractivity contribution is 5.91. The van der Waals surface area contributed by atoms with Crippen LogP contribution < -0.4 is 15.4 Å². The van der Waals surface area contributed by atoms with Crippen molar-refractivity contribution in [1.82, 2.24) is 5.32 Å². The smallest absolute Gasteiger partial charge is 0.227 e. The number of hydrogen-bond donors (Lipinski definition) is 2. The van der Waals surface area contributed by atoms with Crippen LogP contribution in [0.3, 0.4) is 0 Å². The molecule has 0 aromatic heterocycles. The molecule has 5 nitrogen and oxygen atoms in total. The molecule has 0 aliphatic carbocycles. The molecular weight excluding hydrogens is 256 g/mol. The maximum atomic E-state index is 11.9. The van der Waals surface area contributed by atoms with Crippen LogP contribution in [0.15, 0.2) is 24.3 Å². The molecule has 0 bridgehead atoms. The minimum Gasteiger partial charge on any atom is -0.491 e. The largest absolute Gasteiger partial charge is 0.491 e. The zero-order chi connectivity index (χ0) is 14.4. The summed E-state index contributed by atoms with van der Waals surface area (Å²) in [6.07, 6.45) is 0.482. The number of hydrogen-bond acceptors (Lipinski definition) is 4. The van der Waals surface area contributed by atoms with Crippen molar-refractivity contribution < 1.29 is 14.3 Å². The van der Waals surface area contributed by atoms with E-state index >= 15 is 0 Å². The van der Waals surface area contributed by atoms with E-state index in [1.54, 1.807) is 0 Å². The molecule has 1 aliphatic rings. The number of rotatable bonds is 5. The Morgan fingerprint density at radius 3 is 2.80 bits per heavy atom. The normalized spacial score (nSPS) is 18.9. The third-order valence-electron chi connectivity index (χ3n) is 2.93. The number of amides is 1. The molecule has 2 rings (SSSR count). The number of carbonyl (C=O) groups excluding carboxylic acids is 1. The molecule has 5 heteroatoms. The summed E-state index contributed by atoms with van der Waals surface area (Å²) in [5.74, 6) is 0.772. The summed E-state index contributed by atoms with van der Waals surface area (Å²) < 4.78 is 11.1. The van der Waals surface area contributed by atoms with E-state index in [4.69, 9.17) is 9.47 Å². The third-order valence-corrected chi connectivity index (χ3v) is 2.93. The van der Waals surface area contributed by atoms with Gasteiger partial charge in [-0.2, -0.15) is 0 Å². The Labute approximate surface area is 119 Å². The van der Waals surface area contributed by atoms with Gasteiger partial charge in [-0.25, -0.2) is 0 Å². The highest BCUT2D eigenvalue weighted by atomic mass is 16.5. The van der Waals surface area contributed by atoms with Gasteiger partial charge < -0.3 is 20.1 Å². The molecule has 1 aliphatic heterocycles. The van der Waals surface area contributed by atoms with Crippen molar-refractivity contribution in [2.45, 2.75) is 32.5 Å². The third kappa shape index (κ3) is 4.83. The van der Waals surface area contributed by atoms with Gasteiger partial charge in [0.2, 0.25) is 5.91 Å². The summed E-state index contributed by atoms with van der Waals surface area (Å²) in [6.45, 7) is 6.21. The zero-order valence-corrected chi connectivity index (χ0v) is 12.0. The molecule has 0 saturated carbocycles. The van der Waals surface area contributed by atoms with E-state index in [0.29, 0.717) is 13.0 Å². The molecule has 0 spiro atoms. The van der Waals surface area contributed by atoms with Gasteiger partial charge in [0.05, 0.1) is 25.2 Å². The number of nitrogens with one attached hydrogen (secondary N) is 2. The average Bonchev–Trinajstić information content (AvgIpc) is 2.41. The second-order valence-corrected chi connectivity index (χ2v) is 5.14. The SMILES string of the molecule is CC(C)Oc1ccc(NC(=O)CC2CNCCO2)cc1. The minimum atomic E-state index is -0.0349. The molecule has 1 aromatic rings.